The SMILES string of the molecule is CC(=O)O[C@@H]1C(=O)C=C(C)[C@@H]2C[C@H]3OC(=O)[C@H](O)[C@H]4[C@](C)(O)[C@@H](OC(C)=O)[C@H](O)[C@H]([C@@]12C)[C@@]34C. The molecule has 3 fully saturated rings. The zero-order chi connectivity index (χ0) is 25.5. The number of rotatable bonds is 2. The summed E-state index contributed by atoms with van der Waals surface area (Å²) in [6, 6.07) is 0. The largest absolute Gasteiger partial charge is 0.460 e. The quantitative estimate of drug-likeness (QED) is 0.365. The van der Waals surface area contributed by atoms with E-state index in [2.05, 4.69) is 0 Å². The van der Waals surface area contributed by atoms with Crippen molar-refractivity contribution >= 4 is 23.7 Å². The number of aliphatic hydroxyl groups excluding tert-OH is 2. The second-order valence-electron chi connectivity index (χ2n) is 10.9. The molecule has 0 aromatic carbocycles. The number of carbonyl (C=O) groups excluding carboxylic acids is 4. The molecule has 0 aromatic rings. The van der Waals surface area contributed by atoms with Gasteiger partial charge in [0.1, 0.15) is 11.7 Å². The van der Waals surface area contributed by atoms with Crippen LogP contribution < -0.4 is 0 Å². The van der Waals surface area contributed by atoms with Gasteiger partial charge in [-0.05, 0) is 32.3 Å². The smallest absolute Gasteiger partial charge is 0.335 e. The molecule has 0 unspecified atom stereocenters. The first-order chi connectivity index (χ1) is 15.6. The summed E-state index contributed by atoms with van der Waals surface area (Å²) < 4.78 is 16.5. The number of allylic oxidation sites excluding steroid dienone is 1. The van der Waals surface area contributed by atoms with Crippen molar-refractivity contribution in [2.24, 2.45) is 28.6 Å². The molecule has 1 heterocycles. The number of fused-ring (bicyclic) bond motifs is 2. The van der Waals surface area contributed by atoms with Gasteiger partial charge in [-0.1, -0.05) is 19.4 Å². The first-order valence-corrected chi connectivity index (χ1v) is 11.4. The Morgan fingerprint density at radius 1 is 1.03 bits per heavy atom. The lowest BCUT2D eigenvalue weighted by Gasteiger charge is -2.70. The van der Waals surface area contributed by atoms with Crippen LogP contribution in [0.15, 0.2) is 11.6 Å². The van der Waals surface area contributed by atoms with Crippen molar-refractivity contribution in [2.75, 3.05) is 0 Å². The Kier molecular flexibility index (Phi) is 5.54. The summed E-state index contributed by atoms with van der Waals surface area (Å²) in [5, 5.41) is 34.2. The first kappa shape index (κ1) is 24.8. The van der Waals surface area contributed by atoms with Crippen LogP contribution in [0, 0.1) is 28.6 Å². The van der Waals surface area contributed by atoms with Gasteiger partial charge in [-0.2, -0.15) is 0 Å². The maximum Gasteiger partial charge on any atom is 0.335 e. The van der Waals surface area contributed by atoms with Gasteiger partial charge in [0.2, 0.25) is 0 Å². The molecule has 0 aromatic heterocycles. The number of ketones is 1. The Morgan fingerprint density at radius 2 is 1.62 bits per heavy atom. The van der Waals surface area contributed by atoms with E-state index in [9.17, 15) is 34.5 Å². The predicted octanol–water partition coefficient (Wildman–Crippen LogP) is 0.0555. The van der Waals surface area contributed by atoms with E-state index in [1.807, 2.05) is 0 Å². The van der Waals surface area contributed by atoms with Crippen LogP contribution in [-0.4, -0.2) is 75.1 Å². The lowest BCUT2D eigenvalue weighted by Crippen LogP contribution is -2.80. The Bertz CT molecular complexity index is 984. The van der Waals surface area contributed by atoms with Gasteiger partial charge in [0.05, 0.1) is 6.10 Å². The van der Waals surface area contributed by atoms with Crippen LogP contribution in [0.5, 0.6) is 0 Å². The fourth-order valence-corrected chi connectivity index (χ4v) is 7.89. The third-order valence-electron chi connectivity index (χ3n) is 8.90. The maximum atomic E-state index is 13.1. The highest BCUT2D eigenvalue weighted by molar-refractivity contribution is 5.97. The van der Waals surface area contributed by atoms with Gasteiger partial charge >= 0.3 is 17.9 Å². The number of carbonyl (C=O) groups is 4. The fourth-order valence-electron chi connectivity index (χ4n) is 7.89. The highest BCUT2D eigenvalue weighted by atomic mass is 16.6. The van der Waals surface area contributed by atoms with E-state index in [-0.39, 0.29) is 6.42 Å². The van der Waals surface area contributed by atoms with Crippen molar-refractivity contribution in [3.05, 3.63) is 11.6 Å². The summed E-state index contributed by atoms with van der Waals surface area (Å²) in [6.07, 6.45) is -5.30. The van der Waals surface area contributed by atoms with Crippen LogP contribution in [0.3, 0.4) is 0 Å². The van der Waals surface area contributed by atoms with Crippen molar-refractivity contribution in [2.45, 2.75) is 84.1 Å². The van der Waals surface area contributed by atoms with Crippen LogP contribution in [0.2, 0.25) is 0 Å². The molecule has 2 saturated carbocycles. The summed E-state index contributed by atoms with van der Waals surface area (Å²) in [7, 11) is 0. The first-order valence-electron chi connectivity index (χ1n) is 11.4. The van der Waals surface area contributed by atoms with Crippen LogP contribution >= 0.6 is 0 Å². The summed E-state index contributed by atoms with van der Waals surface area (Å²) >= 11 is 0. The summed E-state index contributed by atoms with van der Waals surface area (Å²) in [6.45, 7) is 8.77. The lowest BCUT2D eigenvalue weighted by molar-refractivity contribution is -0.337. The van der Waals surface area contributed by atoms with Crippen LogP contribution in [-0.2, 0) is 33.4 Å². The molecule has 11 atom stereocenters. The second kappa shape index (κ2) is 7.60. The minimum Gasteiger partial charge on any atom is -0.460 e. The van der Waals surface area contributed by atoms with Crippen LogP contribution in [0.25, 0.3) is 0 Å². The highest BCUT2D eigenvalue weighted by Crippen LogP contribution is 2.69. The summed E-state index contributed by atoms with van der Waals surface area (Å²) in [5.74, 6) is -5.46. The van der Waals surface area contributed by atoms with E-state index in [1.54, 1.807) is 20.8 Å². The molecular formula is C24H32O10. The minimum absolute atomic E-state index is 0.229. The molecule has 0 amide bonds. The number of hydrogen-bond acceptors (Lipinski definition) is 10. The van der Waals surface area contributed by atoms with Crippen molar-refractivity contribution in [1.82, 2.24) is 0 Å². The third-order valence-corrected chi connectivity index (χ3v) is 8.90. The molecule has 3 aliphatic carbocycles. The van der Waals surface area contributed by atoms with Crippen molar-refractivity contribution in [1.29, 1.82) is 0 Å². The van der Waals surface area contributed by atoms with Crippen molar-refractivity contribution in [3.63, 3.8) is 0 Å². The van der Waals surface area contributed by atoms with E-state index in [4.69, 9.17) is 14.2 Å². The Hall–Kier alpha value is -2.30. The zero-order valence-corrected chi connectivity index (χ0v) is 20.1. The molecule has 4 rings (SSSR count). The van der Waals surface area contributed by atoms with Gasteiger partial charge in [-0.25, -0.2) is 4.79 Å². The van der Waals surface area contributed by atoms with Gasteiger partial charge in [0, 0.05) is 36.5 Å². The summed E-state index contributed by atoms with van der Waals surface area (Å²) in [5.41, 5.74) is -3.82. The average molecular weight is 481 g/mol. The summed E-state index contributed by atoms with van der Waals surface area (Å²) in [4.78, 5) is 49.8. The van der Waals surface area contributed by atoms with Crippen molar-refractivity contribution in [3.8, 4) is 0 Å². The molecule has 0 radical (unpaired) electrons. The minimum atomic E-state index is -2.02. The standard InChI is InChI=1S/C24H32O10/c1-9-7-13(27)19(32-10(2)25)22(4)12(9)8-14-23(5)17(22)15(28)20(33-11(3)26)24(6,31)18(23)16(29)21(30)34-14/h7,12,14-20,28-29,31H,8H2,1-6H3/t12-,14+,15+,16+,17+,18+,19+,20-,22-,23+,24-/m0/s1. The topological polar surface area (TPSA) is 157 Å². The molecule has 0 spiro atoms. The van der Waals surface area contributed by atoms with E-state index in [0.29, 0.717) is 5.57 Å². The Morgan fingerprint density at radius 3 is 2.18 bits per heavy atom. The van der Waals surface area contributed by atoms with E-state index >= 15 is 0 Å². The second-order valence-corrected chi connectivity index (χ2v) is 10.9. The average Bonchev–Trinajstić information content (AvgIpc) is 2.68. The fraction of sp³-hybridized carbons (Fsp3) is 0.750. The Labute approximate surface area is 197 Å². The molecule has 0 bridgehead atoms. The van der Waals surface area contributed by atoms with Crippen molar-refractivity contribution < 1.29 is 48.7 Å². The van der Waals surface area contributed by atoms with E-state index < -0.39 is 88.4 Å². The van der Waals surface area contributed by atoms with Crippen LogP contribution in [0.4, 0.5) is 0 Å². The molecule has 1 saturated heterocycles. The zero-order valence-electron chi connectivity index (χ0n) is 20.1. The van der Waals surface area contributed by atoms with Gasteiger partial charge in [0.15, 0.2) is 24.1 Å². The van der Waals surface area contributed by atoms with Gasteiger partial charge in [0.25, 0.3) is 0 Å². The molecule has 1 aliphatic heterocycles. The van der Waals surface area contributed by atoms with E-state index in [1.165, 1.54) is 19.9 Å². The van der Waals surface area contributed by atoms with E-state index in [0.717, 1.165) is 6.92 Å². The Balaban J connectivity index is 2.00. The number of aliphatic hydroxyl groups is 3. The predicted molar refractivity (Wildman–Crippen MR) is 114 cm³/mol. The lowest BCUT2D eigenvalue weighted by atomic mass is 9.37. The highest BCUT2D eigenvalue weighted by Gasteiger charge is 2.78. The van der Waals surface area contributed by atoms with Gasteiger partial charge < -0.3 is 29.5 Å². The normalized spacial score (nSPS) is 49.7. The molecule has 10 heteroatoms. The molecule has 10 nitrogen and oxygen atoms in total. The molecule has 4 aliphatic rings. The third kappa shape index (κ3) is 3.04. The number of esters is 3. The maximum absolute atomic E-state index is 13.1. The number of ether oxygens (including phenoxy) is 3. The van der Waals surface area contributed by atoms with Gasteiger partial charge in [-0.15, -0.1) is 0 Å². The van der Waals surface area contributed by atoms with Crippen LogP contribution in [0.1, 0.15) is 48.0 Å². The molecular weight excluding hydrogens is 448 g/mol. The molecule has 188 valence electrons. The molecule has 3 N–H and O–H groups in total. The monoisotopic (exact) mass is 480 g/mol. The molecule has 34 heavy (non-hydrogen) atoms. The van der Waals surface area contributed by atoms with Gasteiger partial charge in [-0.3, -0.25) is 14.4 Å². The number of hydrogen-bond donors (Lipinski definition) is 3.